The number of amidine groups is 2. The number of hydrogen-bond donors (Lipinski definition) is 5. The van der Waals surface area contributed by atoms with Crippen molar-refractivity contribution in [3.8, 4) is 0 Å². The first-order valence-electron chi connectivity index (χ1n) is 13.1. The second-order valence-corrected chi connectivity index (χ2v) is 11.7. The van der Waals surface area contributed by atoms with Crippen molar-refractivity contribution >= 4 is 39.8 Å². The van der Waals surface area contributed by atoms with Crippen LogP contribution in [0.25, 0.3) is 0 Å². The first-order chi connectivity index (χ1) is 17.7. The number of aliphatic imine (C=N–C) groups is 2. The number of aliphatic hydroxyl groups excluding tert-OH is 3. The molecule has 0 bridgehead atoms. The molecule has 4 saturated heterocycles. The summed E-state index contributed by atoms with van der Waals surface area (Å²) in [5, 5.41) is 36.7. The molecule has 4 rings (SSSR count). The SMILES string of the molecule is CCCN=C1N[C@@H]2[C@@H](O)[C@H](O)[C@@H](CO)O[C@@H]2S1.CCCN=C1N[C@@H]2[C@@H](OC(C)=O)[C@H](C)[C@@H](CC)O[C@@H]2S1. The van der Waals surface area contributed by atoms with E-state index in [2.05, 4.69) is 41.4 Å². The Morgan fingerprint density at radius 1 is 0.946 bits per heavy atom. The van der Waals surface area contributed by atoms with Crippen LogP contribution in [0.4, 0.5) is 0 Å². The van der Waals surface area contributed by atoms with E-state index in [9.17, 15) is 15.0 Å². The summed E-state index contributed by atoms with van der Waals surface area (Å²) in [6.45, 7) is 11.0. The van der Waals surface area contributed by atoms with Crippen LogP contribution in [0.3, 0.4) is 0 Å². The summed E-state index contributed by atoms with van der Waals surface area (Å²) in [4.78, 5) is 20.2. The van der Waals surface area contributed by atoms with Gasteiger partial charge < -0.3 is 40.2 Å². The molecule has 0 spiro atoms. The molecule has 0 radical (unpaired) electrons. The standard InChI is InChI=1S/C14H24N2O3S.C10H18N2O4S/c1-5-7-15-14-16-11-12(18-9(4)17)8(3)10(6-2)19-13(11)20-14;1-2-3-11-10-12-6-8(15)7(14)5(4-13)16-9(6)17-10/h8,10-13H,5-7H2,1-4H3,(H,15,16);5-9,13-15H,2-4H2,1H3,(H,11,12)/t8-,10-,11-,12+,13-;5-,6-,7-,8-,9-/m11/s1. The monoisotopic (exact) mass is 562 g/mol. The lowest BCUT2D eigenvalue weighted by atomic mass is 9.88. The third-order valence-electron chi connectivity index (χ3n) is 6.64. The van der Waals surface area contributed by atoms with Gasteiger partial charge in [-0.1, -0.05) is 51.2 Å². The van der Waals surface area contributed by atoms with Gasteiger partial charge in [0.2, 0.25) is 0 Å². The van der Waals surface area contributed by atoms with Gasteiger partial charge in [0.05, 0.1) is 18.8 Å². The quantitative estimate of drug-likeness (QED) is 0.283. The molecule has 0 aromatic rings. The third-order valence-corrected chi connectivity index (χ3v) is 8.85. The summed E-state index contributed by atoms with van der Waals surface area (Å²) >= 11 is 3.01. The molecule has 4 heterocycles. The van der Waals surface area contributed by atoms with Gasteiger partial charge in [0.25, 0.3) is 0 Å². The van der Waals surface area contributed by atoms with Gasteiger partial charge in [0.1, 0.15) is 41.3 Å². The van der Waals surface area contributed by atoms with Crippen LogP contribution in [0, 0.1) is 5.92 Å². The number of rotatable bonds is 7. The Kier molecular flexibility index (Phi) is 11.8. The number of carbonyl (C=O) groups excluding carboxylic acids is 1. The second-order valence-electron chi connectivity index (χ2n) is 9.54. The molecule has 0 unspecified atom stereocenters. The maximum Gasteiger partial charge on any atom is 0.302 e. The molecule has 212 valence electrons. The van der Waals surface area contributed by atoms with E-state index in [1.54, 1.807) is 11.8 Å². The van der Waals surface area contributed by atoms with Crippen LogP contribution in [-0.4, -0.2) is 105 Å². The minimum atomic E-state index is -1.07. The van der Waals surface area contributed by atoms with Crippen molar-refractivity contribution in [2.24, 2.45) is 15.9 Å². The highest BCUT2D eigenvalue weighted by Gasteiger charge is 2.50. The Bertz CT molecular complexity index is 820. The Morgan fingerprint density at radius 2 is 1.49 bits per heavy atom. The maximum atomic E-state index is 11.4. The normalized spacial score (nSPS) is 40.8. The van der Waals surface area contributed by atoms with Crippen molar-refractivity contribution in [2.45, 2.75) is 107 Å². The number of fused-ring (bicyclic) bond motifs is 2. The van der Waals surface area contributed by atoms with Crippen LogP contribution >= 0.6 is 23.5 Å². The van der Waals surface area contributed by atoms with Crippen LogP contribution in [0.1, 0.15) is 53.9 Å². The van der Waals surface area contributed by atoms with Gasteiger partial charge in [0.15, 0.2) is 10.3 Å². The van der Waals surface area contributed by atoms with Gasteiger partial charge in [-0.15, -0.1) is 0 Å². The molecule has 11 nitrogen and oxygen atoms in total. The van der Waals surface area contributed by atoms with E-state index < -0.39 is 18.3 Å². The summed E-state index contributed by atoms with van der Waals surface area (Å²) in [5.41, 5.74) is -0.322. The first kappa shape index (κ1) is 30.5. The minimum absolute atomic E-state index is 0.00249. The average Bonchev–Trinajstić information content (AvgIpc) is 3.49. The predicted molar refractivity (Wildman–Crippen MR) is 146 cm³/mol. The zero-order valence-electron chi connectivity index (χ0n) is 22.2. The fourth-order valence-corrected chi connectivity index (χ4v) is 6.99. The van der Waals surface area contributed by atoms with Gasteiger partial charge in [-0.3, -0.25) is 14.8 Å². The fraction of sp³-hybridized carbons (Fsp3) is 0.875. The van der Waals surface area contributed by atoms with Crippen molar-refractivity contribution < 1.29 is 34.3 Å². The Morgan fingerprint density at radius 3 is 2.00 bits per heavy atom. The molecule has 0 saturated carbocycles. The van der Waals surface area contributed by atoms with Gasteiger partial charge in [-0.25, -0.2) is 0 Å². The van der Waals surface area contributed by atoms with Crippen LogP contribution in [0.2, 0.25) is 0 Å². The summed E-state index contributed by atoms with van der Waals surface area (Å²) < 4.78 is 17.2. The lowest BCUT2D eigenvalue weighted by Gasteiger charge is -2.41. The molecule has 4 aliphatic rings. The number of hydrogen-bond acceptors (Lipinski definition) is 11. The number of nitrogens with zero attached hydrogens (tertiary/aromatic N) is 2. The van der Waals surface area contributed by atoms with Crippen molar-refractivity contribution in [3.63, 3.8) is 0 Å². The molecular weight excluding hydrogens is 520 g/mol. The van der Waals surface area contributed by atoms with E-state index in [1.807, 2.05) is 6.92 Å². The van der Waals surface area contributed by atoms with E-state index in [0.29, 0.717) is 0 Å². The number of esters is 1. The van der Waals surface area contributed by atoms with E-state index in [1.165, 1.54) is 18.7 Å². The zero-order chi connectivity index (χ0) is 27.1. The molecule has 37 heavy (non-hydrogen) atoms. The summed E-state index contributed by atoms with van der Waals surface area (Å²) in [7, 11) is 0. The van der Waals surface area contributed by atoms with Crippen LogP contribution in [0.15, 0.2) is 9.98 Å². The van der Waals surface area contributed by atoms with E-state index in [4.69, 9.17) is 19.3 Å². The minimum Gasteiger partial charge on any atom is -0.460 e. The molecule has 4 fully saturated rings. The molecule has 0 aliphatic carbocycles. The number of carbonyl (C=O) groups is 1. The highest BCUT2D eigenvalue weighted by molar-refractivity contribution is 8.14. The fourth-order valence-electron chi connectivity index (χ4n) is 4.67. The largest absolute Gasteiger partial charge is 0.460 e. The molecule has 5 N–H and O–H groups in total. The van der Waals surface area contributed by atoms with Crippen molar-refractivity contribution in [1.29, 1.82) is 0 Å². The summed E-state index contributed by atoms with van der Waals surface area (Å²) in [6.07, 6.45) is 0.108. The van der Waals surface area contributed by atoms with Gasteiger partial charge in [-0.05, 0) is 19.3 Å². The predicted octanol–water partition coefficient (Wildman–Crippen LogP) is 1.06. The average molecular weight is 563 g/mol. The van der Waals surface area contributed by atoms with Gasteiger partial charge in [-0.2, -0.15) is 0 Å². The number of aliphatic hydroxyl groups is 3. The molecule has 4 aliphatic heterocycles. The lowest BCUT2D eigenvalue weighted by Crippen LogP contribution is -2.59. The molecule has 13 heteroatoms. The lowest BCUT2D eigenvalue weighted by molar-refractivity contribution is -0.168. The molecule has 10 atom stereocenters. The smallest absolute Gasteiger partial charge is 0.302 e. The zero-order valence-corrected chi connectivity index (χ0v) is 23.8. The van der Waals surface area contributed by atoms with E-state index in [-0.39, 0.29) is 53.7 Å². The van der Waals surface area contributed by atoms with Crippen molar-refractivity contribution in [1.82, 2.24) is 10.6 Å². The van der Waals surface area contributed by atoms with E-state index >= 15 is 0 Å². The van der Waals surface area contributed by atoms with E-state index in [0.717, 1.165) is 42.7 Å². The van der Waals surface area contributed by atoms with Crippen molar-refractivity contribution in [2.75, 3.05) is 19.7 Å². The highest BCUT2D eigenvalue weighted by atomic mass is 32.2. The highest BCUT2D eigenvalue weighted by Crippen LogP contribution is 2.39. The Hall–Kier alpha value is -1.09. The second kappa shape index (κ2) is 14.3. The maximum absolute atomic E-state index is 11.4. The van der Waals surface area contributed by atoms with Gasteiger partial charge >= 0.3 is 5.97 Å². The van der Waals surface area contributed by atoms with Crippen LogP contribution < -0.4 is 10.6 Å². The number of ether oxygens (including phenoxy) is 3. The van der Waals surface area contributed by atoms with Gasteiger partial charge in [0, 0.05) is 25.9 Å². The number of thioether (sulfide) groups is 2. The summed E-state index contributed by atoms with van der Waals surface area (Å²) in [6, 6.07) is -0.370. The third kappa shape index (κ3) is 7.52. The number of nitrogens with one attached hydrogen (secondary N) is 2. The molecule has 0 aromatic heterocycles. The summed E-state index contributed by atoms with van der Waals surface area (Å²) in [5.74, 6) is -0.0492. The molecule has 0 amide bonds. The van der Waals surface area contributed by atoms with Crippen LogP contribution in [0.5, 0.6) is 0 Å². The van der Waals surface area contributed by atoms with Crippen LogP contribution in [-0.2, 0) is 19.0 Å². The Labute approximate surface area is 227 Å². The van der Waals surface area contributed by atoms with Crippen molar-refractivity contribution in [3.05, 3.63) is 0 Å². The molecule has 0 aromatic carbocycles. The molecular formula is C24H42N4O7S2. The Balaban J connectivity index is 0.000000208. The first-order valence-corrected chi connectivity index (χ1v) is 14.9. The topological polar surface area (TPSA) is 154 Å².